The number of rotatable bonds is 3. The largest absolute Gasteiger partial charge is 0.409 e. The molecule has 0 bridgehead atoms. The molecule has 6 nitrogen and oxygen atoms in total. The molecule has 1 aliphatic rings. The van der Waals surface area contributed by atoms with Gasteiger partial charge in [0.25, 0.3) is 0 Å². The van der Waals surface area contributed by atoms with Gasteiger partial charge in [-0.15, -0.1) is 0 Å². The summed E-state index contributed by atoms with van der Waals surface area (Å²) in [6.45, 7) is 0.874. The molecule has 0 radical (unpaired) electrons. The van der Waals surface area contributed by atoms with E-state index in [1.807, 2.05) is 6.07 Å². The Morgan fingerprint density at radius 2 is 2.10 bits per heavy atom. The van der Waals surface area contributed by atoms with E-state index in [2.05, 4.69) is 5.16 Å². The minimum atomic E-state index is -0.813. The number of nitrogens with zero attached hydrogens (tertiary/aromatic N) is 2. The number of β-amino-alcohol motifs (C(OH)–C–C–N with tert-alkyl or cyclic N) is 1. The standard InChI is InChI=1S/C14H19N3O3/c15-13(16-20)12(10-5-2-1-3-6-10)14(19)17-8-4-7-11(18)9-17/h1-3,5-6,11-12,18,20H,4,7-9H2,(H2,15,16). The van der Waals surface area contributed by atoms with E-state index < -0.39 is 12.0 Å². The highest BCUT2D eigenvalue weighted by Gasteiger charge is 2.32. The summed E-state index contributed by atoms with van der Waals surface area (Å²) in [6.07, 6.45) is 0.949. The van der Waals surface area contributed by atoms with Crippen LogP contribution >= 0.6 is 0 Å². The van der Waals surface area contributed by atoms with E-state index in [-0.39, 0.29) is 11.7 Å². The first-order valence-corrected chi connectivity index (χ1v) is 6.62. The molecule has 108 valence electrons. The monoisotopic (exact) mass is 277 g/mol. The SMILES string of the molecule is NC(=NO)C(C(=O)N1CCCC(O)C1)c1ccccc1. The molecule has 1 heterocycles. The van der Waals surface area contributed by atoms with Crippen molar-refractivity contribution in [2.24, 2.45) is 10.9 Å². The van der Waals surface area contributed by atoms with Crippen molar-refractivity contribution in [3.8, 4) is 0 Å². The molecule has 1 aliphatic heterocycles. The van der Waals surface area contributed by atoms with E-state index in [0.29, 0.717) is 25.1 Å². The number of amides is 1. The van der Waals surface area contributed by atoms with Gasteiger partial charge in [0, 0.05) is 13.1 Å². The van der Waals surface area contributed by atoms with Crippen molar-refractivity contribution in [1.29, 1.82) is 0 Å². The van der Waals surface area contributed by atoms with Crippen molar-refractivity contribution >= 4 is 11.7 Å². The molecule has 0 saturated carbocycles. The molecule has 0 spiro atoms. The molecule has 1 aromatic rings. The number of carbonyl (C=O) groups is 1. The summed E-state index contributed by atoms with van der Waals surface area (Å²) in [7, 11) is 0. The molecule has 2 unspecified atom stereocenters. The van der Waals surface area contributed by atoms with E-state index >= 15 is 0 Å². The van der Waals surface area contributed by atoms with Crippen molar-refractivity contribution in [2.45, 2.75) is 24.9 Å². The quantitative estimate of drug-likeness (QED) is 0.324. The number of benzene rings is 1. The summed E-state index contributed by atoms with van der Waals surface area (Å²) >= 11 is 0. The van der Waals surface area contributed by atoms with Crippen LogP contribution in [0.5, 0.6) is 0 Å². The Morgan fingerprint density at radius 1 is 1.40 bits per heavy atom. The predicted molar refractivity (Wildman–Crippen MR) is 74.4 cm³/mol. The number of likely N-dealkylation sites (tertiary alicyclic amines) is 1. The van der Waals surface area contributed by atoms with Crippen molar-refractivity contribution in [3.05, 3.63) is 35.9 Å². The predicted octanol–water partition coefficient (Wildman–Crippen LogP) is 0.500. The van der Waals surface area contributed by atoms with E-state index in [0.717, 1.165) is 6.42 Å². The molecule has 6 heteroatoms. The van der Waals surface area contributed by atoms with Gasteiger partial charge in [-0.1, -0.05) is 35.5 Å². The second-order valence-corrected chi connectivity index (χ2v) is 4.95. The fraction of sp³-hybridized carbons (Fsp3) is 0.429. The van der Waals surface area contributed by atoms with Crippen LogP contribution in [-0.2, 0) is 4.79 Å². The van der Waals surface area contributed by atoms with Crippen molar-refractivity contribution in [2.75, 3.05) is 13.1 Å². The summed E-state index contributed by atoms with van der Waals surface area (Å²) in [5, 5.41) is 21.6. The second-order valence-electron chi connectivity index (χ2n) is 4.95. The Kier molecular flexibility index (Phi) is 4.57. The maximum Gasteiger partial charge on any atom is 0.237 e. The number of piperidine rings is 1. The molecule has 1 amide bonds. The Hall–Kier alpha value is -2.08. The van der Waals surface area contributed by atoms with Gasteiger partial charge in [0.2, 0.25) is 5.91 Å². The Labute approximate surface area is 117 Å². The summed E-state index contributed by atoms with van der Waals surface area (Å²) in [5.41, 5.74) is 6.36. The average Bonchev–Trinajstić information content (AvgIpc) is 2.48. The third-order valence-corrected chi connectivity index (χ3v) is 3.50. The summed E-state index contributed by atoms with van der Waals surface area (Å²) in [5.74, 6) is -1.20. The molecule has 1 saturated heterocycles. The number of carbonyl (C=O) groups excluding carboxylic acids is 1. The van der Waals surface area contributed by atoms with E-state index in [1.54, 1.807) is 29.2 Å². The van der Waals surface area contributed by atoms with Gasteiger partial charge < -0.3 is 20.9 Å². The third kappa shape index (κ3) is 3.08. The molecule has 0 aliphatic carbocycles. The molecule has 4 N–H and O–H groups in total. The van der Waals surface area contributed by atoms with Gasteiger partial charge in [0.15, 0.2) is 5.84 Å². The minimum Gasteiger partial charge on any atom is -0.409 e. The Morgan fingerprint density at radius 3 is 2.70 bits per heavy atom. The van der Waals surface area contributed by atoms with Gasteiger partial charge >= 0.3 is 0 Å². The fourth-order valence-electron chi connectivity index (χ4n) is 2.48. The Bertz CT molecular complexity index is 490. The zero-order valence-electron chi connectivity index (χ0n) is 11.1. The summed E-state index contributed by atoms with van der Waals surface area (Å²) < 4.78 is 0. The van der Waals surface area contributed by atoms with Crippen LogP contribution in [0.15, 0.2) is 35.5 Å². The van der Waals surface area contributed by atoms with E-state index in [1.165, 1.54) is 0 Å². The molecule has 20 heavy (non-hydrogen) atoms. The van der Waals surface area contributed by atoms with Crippen LogP contribution in [0.3, 0.4) is 0 Å². The smallest absolute Gasteiger partial charge is 0.237 e. The van der Waals surface area contributed by atoms with Gasteiger partial charge in [0.05, 0.1) is 6.10 Å². The zero-order chi connectivity index (χ0) is 14.5. The molecule has 2 rings (SSSR count). The highest BCUT2D eigenvalue weighted by Crippen LogP contribution is 2.21. The molecular formula is C14H19N3O3. The average molecular weight is 277 g/mol. The maximum absolute atomic E-state index is 12.6. The number of hydrogen-bond acceptors (Lipinski definition) is 4. The lowest BCUT2D eigenvalue weighted by Crippen LogP contribution is -2.46. The van der Waals surface area contributed by atoms with Crippen LogP contribution in [-0.4, -0.2) is 46.1 Å². The van der Waals surface area contributed by atoms with Crippen LogP contribution in [0.2, 0.25) is 0 Å². The first-order chi connectivity index (χ1) is 9.63. The minimum absolute atomic E-state index is 0.138. The first kappa shape index (κ1) is 14.3. The number of aliphatic hydroxyl groups is 1. The normalized spacial score (nSPS) is 21.6. The van der Waals surface area contributed by atoms with Gasteiger partial charge in [0.1, 0.15) is 5.92 Å². The topological polar surface area (TPSA) is 99.2 Å². The van der Waals surface area contributed by atoms with Crippen molar-refractivity contribution in [1.82, 2.24) is 4.90 Å². The van der Waals surface area contributed by atoms with E-state index in [4.69, 9.17) is 10.9 Å². The van der Waals surface area contributed by atoms with Crippen LogP contribution in [0.1, 0.15) is 24.3 Å². The maximum atomic E-state index is 12.6. The molecule has 1 aromatic carbocycles. The number of amidine groups is 1. The molecular weight excluding hydrogens is 258 g/mol. The fourth-order valence-corrected chi connectivity index (χ4v) is 2.48. The third-order valence-electron chi connectivity index (χ3n) is 3.50. The molecule has 1 fully saturated rings. The van der Waals surface area contributed by atoms with Crippen molar-refractivity contribution in [3.63, 3.8) is 0 Å². The van der Waals surface area contributed by atoms with Crippen LogP contribution in [0.25, 0.3) is 0 Å². The van der Waals surface area contributed by atoms with Crippen molar-refractivity contribution < 1.29 is 15.1 Å². The Balaban J connectivity index is 2.25. The highest BCUT2D eigenvalue weighted by atomic mass is 16.4. The number of oxime groups is 1. The highest BCUT2D eigenvalue weighted by molar-refractivity contribution is 6.07. The number of nitrogens with two attached hydrogens (primary N) is 1. The first-order valence-electron chi connectivity index (χ1n) is 6.62. The number of aliphatic hydroxyl groups excluding tert-OH is 1. The van der Waals surface area contributed by atoms with Gasteiger partial charge in [-0.05, 0) is 18.4 Å². The van der Waals surface area contributed by atoms with Crippen LogP contribution in [0.4, 0.5) is 0 Å². The molecule has 0 aromatic heterocycles. The second kappa shape index (κ2) is 6.38. The molecule has 2 atom stereocenters. The van der Waals surface area contributed by atoms with Gasteiger partial charge in [-0.2, -0.15) is 0 Å². The number of hydrogen-bond donors (Lipinski definition) is 3. The van der Waals surface area contributed by atoms with E-state index in [9.17, 15) is 9.90 Å². The lowest BCUT2D eigenvalue weighted by atomic mass is 9.95. The van der Waals surface area contributed by atoms with Gasteiger partial charge in [-0.25, -0.2) is 0 Å². The zero-order valence-corrected chi connectivity index (χ0v) is 11.1. The van der Waals surface area contributed by atoms with Crippen LogP contribution in [0, 0.1) is 0 Å². The summed E-state index contributed by atoms with van der Waals surface area (Å²) in [6, 6.07) is 8.96. The lowest BCUT2D eigenvalue weighted by molar-refractivity contribution is -0.134. The van der Waals surface area contributed by atoms with Crippen LogP contribution < -0.4 is 5.73 Å². The van der Waals surface area contributed by atoms with Gasteiger partial charge in [-0.3, -0.25) is 4.79 Å². The summed E-state index contributed by atoms with van der Waals surface area (Å²) in [4.78, 5) is 14.2. The lowest BCUT2D eigenvalue weighted by Gasteiger charge is -2.32.